The Hall–Kier alpha value is -1.68. The van der Waals surface area contributed by atoms with Crippen LogP contribution in [0.4, 0.5) is 0 Å². The highest BCUT2D eigenvalue weighted by Gasteiger charge is 2.18. The third-order valence-electron chi connectivity index (χ3n) is 4.71. The van der Waals surface area contributed by atoms with Crippen LogP contribution in [0.15, 0.2) is 40.8 Å². The Morgan fingerprint density at radius 2 is 1.76 bits per heavy atom. The van der Waals surface area contributed by atoms with Crippen LogP contribution in [-0.4, -0.2) is 11.9 Å². The standard InChI is InChI=1S/C21H27NO2S/c1-16-8-10-17(11-9-16)14-25-15-19-12-13-20(24-19)21(23)22-18-6-4-2-3-5-7-18/h8-13,18H,2-7,14-15H2,1H3,(H,22,23). The van der Waals surface area contributed by atoms with Gasteiger partial charge in [0.15, 0.2) is 5.76 Å². The van der Waals surface area contributed by atoms with Crippen molar-refractivity contribution in [1.82, 2.24) is 5.32 Å². The zero-order chi connectivity index (χ0) is 17.5. The van der Waals surface area contributed by atoms with E-state index in [-0.39, 0.29) is 5.91 Å². The summed E-state index contributed by atoms with van der Waals surface area (Å²) in [5, 5.41) is 3.14. The van der Waals surface area contributed by atoms with E-state index < -0.39 is 0 Å². The average molecular weight is 358 g/mol. The van der Waals surface area contributed by atoms with Gasteiger partial charge in [0, 0.05) is 11.8 Å². The predicted molar refractivity (Wildman–Crippen MR) is 104 cm³/mol. The molecule has 1 aliphatic carbocycles. The first kappa shape index (κ1) is 18.1. The molecule has 0 bridgehead atoms. The van der Waals surface area contributed by atoms with Crippen LogP contribution in [0.5, 0.6) is 0 Å². The van der Waals surface area contributed by atoms with E-state index in [0.717, 1.165) is 30.1 Å². The van der Waals surface area contributed by atoms with Crippen molar-refractivity contribution < 1.29 is 9.21 Å². The second-order valence-corrected chi connectivity index (χ2v) is 7.89. The third kappa shape index (κ3) is 5.67. The Morgan fingerprint density at radius 1 is 1.04 bits per heavy atom. The fourth-order valence-corrected chi connectivity index (χ4v) is 4.10. The van der Waals surface area contributed by atoms with Crippen molar-refractivity contribution >= 4 is 17.7 Å². The Balaban J connectivity index is 1.46. The molecule has 134 valence electrons. The molecule has 2 aromatic rings. The summed E-state index contributed by atoms with van der Waals surface area (Å²) in [5.74, 6) is 2.97. The Labute approximate surface area is 154 Å². The van der Waals surface area contributed by atoms with E-state index in [4.69, 9.17) is 4.42 Å². The topological polar surface area (TPSA) is 42.2 Å². The van der Waals surface area contributed by atoms with E-state index in [1.165, 1.54) is 36.8 Å². The lowest BCUT2D eigenvalue weighted by Crippen LogP contribution is -2.34. The molecule has 3 nitrogen and oxygen atoms in total. The molecule has 0 spiro atoms. The minimum Gasteiger partial charge on any atom is -0.455 e. The summed E-state index contributed by atoms with van der Waals surface area (Å²) in [6.45, 7) is 2.10. The first-order valence-corrected chi connectivity index (χ1v) is 10.4. The highest BCUT2D eigenvalue weighted by Crippen LogP contribution is 2.21. The summed E-state index contributed by atoms with van der Waals surface area (Å²) < 4.78 is 5.74. The van der Waals surface area contributed by atoms with Gasteiger partial charge >= 0.3 is 0 Å². The normalized spacial score (nSPS) is 15.7. The number of carbonyl (C=O) groups is 1. The summed E-state index contributed by atoms with van der Waals surface area (Å²) in [4.78, 5) is 12.4. The highest BCUT2D eigenvalue weighted by molar-refractivity contribution is 7.97. The van der Waals surface area contributed by atoms with Crippen molar-refractivity contribution in [1.29, 1.82) is 0 Å². The van der Waals surface area contributed by atoms with Gasteiger partial charge < -0.3 is 9.73 Å². The van der Waals surface area contributed by atoms with E-state index in [9.17, 15) is 4.79 Å². The van der Waals surface area contributed by atoms with Gasteiger partial charge in [-0.1, -0.05) is 55.5 Å². The number of nitrogens with one attached hydrogen (secondary N) is 1. The molecule has 1 saturated carbocycles. The Morgan fingerprint density at radius 3 is 2.48 bits per heavy atom. The van der Waals surface area contributed by atoms with Gasteiger partial charge in [-0.2, -0.15) is 0 Å². The molecule has 3 rings (SSSR count). The maximum absolute atomic E-state index is 12.4. The van der Waals surface area contributed by atoms with Crippen molar-refractivity contribution in [3.63, 3.8) is 0 Å². The van der Waals surface area contributed by atoms with Gasteiger partial charge in [-0.25, -0.2) is 0 Å². The molecule has 1 fully saturated rings. The number of hydrogen-bond donors (Lipinski definition) is 1. The summed E-state index contributed by atoms with van der Waals surface area (Å²) in [5.41, 5.74) is 2.59. The first-order chi connectivity index (χ1) is 12.2. The van der Waals surface area contributed by atoms with Gasteiger partial charge in [0.2, 0.25) is 0 Å². The summed E-state index contributed by atoms with van der Waals surface area (Å²) in [6, 6.07) is 12.6. The van der Waals surface area contributed by atoms with Crippen LogP contribution in [-0.2, 0) is 11.5 Å². The van der Waals surface area contributed by atoms with E-state index in [1.54, 1.807) is 17.8 Å². The molecule has 0 unspecified atom stereocenters. The molecule has 0 atom stereocenters. The molecule has 1 aromatic heterocycles. The lowest BCUT2D eigenvalue weighted by atomic mass is 10.1. The Bertz CT molecular complexity index is 669. The van der Waals surface area contributed by atoms with Gasteiger partial charge in [-0.15, -0.1) is 11.8 Å². The summed E-state index contributed by atoms with van der Waals surface area (Å²) in [7, 11) is 0. The van der Waals surface area contributed by atoms with Gasteiger partial charge in [0.1, 0.15) is 5.76 Å². The third-order valence-corrected chi connectivity index (χ3v) is 5.74. The highest BCUT2D eigenvalue weighted by atomic mass is 32.2. The molecular formula is C21H27NO2S. The fraction of sp³-hybridized carbons (Fsp3) is 0.476. The van der Waals surface area contributed by atoms with E-state index in [0.29, 0.717) is 11.8 Å². The molecule has 1 aromatic carbocycles. The van der Waals surface area contributed by atoms with Crippen molar-refractivity contribution in [2.75, 3.05) is 0 Å². The molecule has 1 aliphatic rings. The summed E-state index contributed by atoms with van der Waals surface area (Å²) in [6.07, 6.45) is 7.18. The van der Waals surface area contributed by atoms with Gasteiger partial charge in [-0.3, -0.25) is 4.79 Å². The van der Waals surface area contributed by atoms with Crippen molar-refractivity contribution in [3.8, 4) is 0 Å². The minimum absolute atomic E-state index is 0.0679. The lowest BCUT2D eigenvalue weighted by molar-refractivity contribution is 0.0904. The number of amides is 1. The number of rotatable bonds is 6. The van der Waals surface area contributed by atoms with Crippen LogP contribution in [0.1, 0.15) is 66.0 Å². The number of aryl methyl sites for hydroxylation is 1. The van der Waals surface area contributed by atoms with E-state index >= 15 is 0 Å². The number of carbonyl (C=O) groups excluding carboxylic acids is 1. The fourth-order valence-electron chi connectivity index (χ4n) is 3.21. The van der Waals surface area contributed by atoms with Gasteiger partial charge in [0.25, 0.3) is 5.91 Å². The van der Waals surface area contributed by atoms with E-state index in [2.05, 4.69) is 36.5 Å². The molecule has 0 saturated heterocycles. The largest absolute Gasteiger partial charge is 0.455 e. The Kier molecular flexibility index (Phi) is 6.62. The molecule has 1 heterocycles. The maximum Gasteiger partial charge on any atom is 0.287 e. The zero-order valence-electron chi connectivity index (χ0n) is 14.9. The number of thioether (sulfide) groups is 1. The lowest BCUT2D eigenvalue weighted by Gasteiger charge is -2.14. The van der Waals surface area contributed by atoms with Gasteiger partial charge in [0.05, 0.1) is 5.75 Å². The monoisotopic (exact) mass is 357 g/mol. The van der Waals surface area contributed by atoms with E-state index in [1.807, 2.05) is 6.07 Å². The number of benzene rings is 1. The molecule has 0 aliphatic heterocycles. The second kappa shape index (κ2) is 9.14. The molecule has 1 N–H and O–H groups in total. The first-order valence-electron chi connectivity index (χ1n) is 9.23. The quantitative estimate of drug-likeness (QED) is 0.697. The summed E-state index contributed by atoms with van der Waals surface area (Å²) >= 11 is 1.80. The molecular weight excluding hydrogens is 330 g/mol. The predicted octanol–water partition coefficient (Wildman–Crippen LogP) is 5.47. The van der Waals surface area contributed by atoms with Crippen molar-refractivity contribution in [3.05, 3.63) is 59.0 Å². The SMILES string of the molecule is Cc1ccc(CSCc2ccc(C(=O)NC3CCCCCC3)o2)cc1. The molecule has 4 heteroatoms. The number of hydrogen-bond acceptors (Lipinski definition) is 3. The molecule has 0 radical (unpaired) electrons. The average Bonchev–Trinajstić information content (AvgIpc) is 2.94. The molecule has 25 heavy (non-hydrogen) atoms. The van der Waals surface area contributed by atoms with Crippen molar-refractivity contribution in [2.45, 2.75) is 63.0 Å². The van der Waals surface area contributed by atoms with Gasteiger partial charge in [-0.05, 0) is 37.5 Å². The van der Waals surface area contributed by atoms with Crippen LogP contribution in [0, 0.1) is 6.92 Å². The maximum atomic E-state index is 12.4. The van der Waals surface area contributed by atoms with Crippen LogP contribution in [0.25, 0.3) is 0 Å². The number of furan rings is 1. The van der Waals surface area contributed by atoms with Crippen LogP contribution < -0.4 is 5.32 Å². The zero-order valence-corrected chi connectivity index (χ0v) is 15.7. The van der Waals surface area contributed by atoms with Crippen LogP contribution >= 0.6 is 11.8 Å². The smallest absolute Gasteiger partial charge is 0.287 e. The van der Waals surface area contributed by atoms with Crippen LogP contribution in [0.2, 0.25) is 0 Å². The second-order valence-electron chi connectivity index (χ2n) is 6.91. The molecule has 1 amide bonds. The van der Waals surface area contributed by atoms with Crippen LogP contribution in [0.3, 0.4) is 0 Å². The minimum atomic E-state index is -0.0679. The van der Waals surface area contributed by atoms with Crippen molar-refractivity contribution in [2.24, 2.45) is 0 Å².